The second-order valence-electron chi connectivity index (χ2n) is 5.51. The van der Waals surface area contributed by atoms with E-state index in [1.165, 1.54) is 23.1 Å². The summed E-state index contributed by atoms with van der Waals surface area (Å²) >= 11 is 0. The van der Waals surface area contributed by atoms with Crippen LogP contribution in [0.25, 0.3) is 0 Å². The van der Waals surface area contributed by atoms with Crippen LogP contribution in [0.5, 0.6) is 0 Å². The summed E-state index contributed by atoms with van der Waals surface area (Å²) in [7, 11) is 0. The summed E-state index contributed by atoms with van der Waals surface area (Å²) in [5.41, 5.74) is 4.55. The van der Waals surface area contributed by atoms with Gasteiger partial charge in [0.05, 0.1) is 11.8 Å². The Morgan fingerprint density at radius 3 is 2.52 bits per heavy atom. The molecule has 1 amide bonds. The Bertz CT molecular complexity index is 626. The van der Waals surface area contributed by atoms with E-state index >= 15 is 0 Å². The highest BCUT2D eigenvalue weighted by molar-refractivity contribution is 5.94. The van der Waals surface area contributed by atoms with Gasteiger partial charge < -0.3 is 14.2 Å². The first-order chi connectivity index (χ1) is 10.2. The minimum absolute atomic E-state index is 0.0596. The predicted molar refractivity (Wildman–Crippen MR) is 82.7 cm³/mol. The summed E-state index contributed by atoms with van der Waals surface area (Å²) in [5.74, 6) is 0.0596. The second-order valence-corrected chi connectivity index (χ2v) is 5.51. The van der Waals surface area contributed by atoms with Crippen LogP contribution < -0.4 is 4.90 Å². The molecule has 1 aromatic carbocycles. The molecular weight excluding hydrogens is 264 g/mol. The fourth-order valence-electron chi connectivity index (χ4n) is 2.80. The van der Waals surface area contributed by atoms with Gasteiger partial charge in [0.25, 0.3) is 5.91 Å². The van der Waals surface area contributed by atoms with Gasteiger partial charge in [0.1, 0.15) is 6.26 Å². The van der Waals surface area contributed by atoms with E-state index in [4.69, 9.17) is 4.42 Å². The van der Waals surface area contributed by atoms with Crippen LogP contribution in [0.4, 0.5) is 5.69 Å². The van der Waals surface area contributed by atoms with E-state index in [1.807, 2.05) is 4.90 Å². The first-order valence-electron chi connectivity index (χ1n) is 7.29. The molecule has 2 aromatic rings. The maximum absolute atomic E-state index is 12.3. The van der Waals surface area contributed by atoms with Crippen LogP contribution in [0.2, 0.25) is 0 Å². The number of amides is 1. The van der Waals surface area contributed by atoms with Crippen LogP contribution in [0, 0.1) is 13.8 Å². The van der Waals surface area contributed by atoms with Gasteiger partial charge >= 0.3 is 0 Å². The SMILES string of the molecule is Cc1cccc(N2CCN(C(=O)c3ccoc3)CC2)c1C. The van der Waals surface area contributed by atoms with Crippen molar-refractivity contribution in [3.05, 3.63) is 53.5 Å². The molecule has 3 rings (SSSR count). The highest BCUT2D eigenvalue weighted by atomic mass is 16.3. The largest absolute Gasteiger partial charge is 0.472 e. The Kier molecular flexibility index (Phi) is 3.69. The van der Waals surface area contributed by atoms with Crippen molar-refractivity contribution in [1.82, 2.24) is 4.90 Å². The predicted octanol–water partition coefficient (Wildman–Crippen LogP) is 2.86. The number of aryl methyl sites for hydroxylation is 1. The molecule has 2 heterocycles. The molecule has 1 aliphatic heterocycles. The van der Waals surface area contributed by atoms with Gasteiger partial charge in [-0.15, -0.1) is 0 Å². The number of piperazine rings is 1. The third kappa shape index (κ3) is 2.66. The zero-order valence-corrected chi connectivity index (χ0v) is 12.5. The Balaban J connectivity index is 1.68. The van der Waals surface area contributed by atoms with Gasteiger partial charge in [-0.2, -0.15) is 0 Å². The minimum atomic E-state index is 0.0596. The van der Waals surface area contributed by atoms with Gasteiger partial charge in [-0.25, -0.2) is 0 Å². The molecule has 4 nitrogen and oxygen atoms in total. The van der Waals surface area contributed by atoms with Crippen LogP contribution in [-0.2, 0) is 0 Å². The number of carbonyl (C=O) groups is 1. The summed E-state index contributed by atoms with van der Waals surface area (Å²) in [6.07, 6.45) is 3.05. The van der Waals surface area contributed by atoms with E-state index in [-0.39, 0.29) is 5.91 Å². The molecule has 1 fully saturated rings. The lowest BCUT2D eigenvalue weighted by atomic mass is 10.1. The average Bonchev–Trinajstić information content (AvgIpc) is 3.04. The van der Waals surface area contributed by atoms with Gasteiger partial charge in [-0.1, -0.05) is 12.1 Å². The molecule has 1 aliphatic rings. The molecule has 0 radical (unpaired) electrons. The lowest BCUT2D eigenvalue weighted by Crippen LogP contribution is -2.49. The summed E-state index contributed by atoms with van der Waals surface area (Å²) < 4.78 is 4.99. The van der Waals surface area contributed by atoms with Crippen molar-refractivity contribution in [2.24, 2.45) is 0 Å². The summed E-state index contributed by atoms with van der Waals surface area (Å²) in [6.45, 7) is 7.53. The summed E-state index contributed by atoms with van der Waals surface area (Å²) in [5, 5.41) is 0. The second kappa shape index (κ2) is 5.64. The minimum Gasteiger partial charge on any atom is -0.472 e. The Hall–Kier alpha value is -2.23. The van der Waals surface area contributed by atoms with Gasteiger partial charge in [0.15, 0.2) is 0 Å². The molecule has 0 N–H and O–H groups in total. The number of hydrogen-bond acceptors (Lipinski definition) is 3. The van der Waals surface area contributed by atoms with E-state index in [9.17, 15) is 4.79 Å². The molecule has 21 heavy (non-hydrogen) atoms. The van der Waals surface area contributed by atoms with E-state index < -0.39 is 0 Å². The normalized spacial score (nSPS) is 15.3. The molecule has 0 atom stereocenters. The Morgan fingerprint density at radius 2 is 1.86 bits per heavy atom. The molecule has 1 aromatic heterocycles. The number of carbonyl (C=O) groups excluding carboxylic acids is 1. The van der Waals surface area contributed by atoms with Gasteiger partial charge in [-0.05, 0) is 37.1 Å². The van der Waals surface area contributed by atoms with Crippen molar-refractivity contribution in [2.45, 2.75) is 13.8 Å². The van der Waals surface area contributed by atoms with Crippen molar-refractivity contribution in [1.29, 1.82) is 0 Å². The quantitative estimate of drug-likeness (QED) is 0.851. The van der Waals surface area contributed by atoms with Crippen molar-refractivity contribution in [2.75, 3.05) is 31.1 Å². The molecule has 110 valence electrons. The van der Waals surface area contributed by atoms with E-state index in [0.717, 1.165) is 26.2 Å². The fraction of sp³-hybridized carbons (Fsp3) is 0.353. The number of rotatable bonds is 2. The van der Waals surface area contributed by atoms with E-state index in [1.54, 1.807) is 12.3 Å². The number of hydrogen-bond donors (Lipinski definition) is 0. The molecule has 0 aliphatic carbocycles. The molecular formula is C17H20N2O2. The van der Waals surface area contributed by atoms with Crippen molar-refractivity contribution in [3.63, 3.8) is 0 Å². The average molecular weight is 284 g/mol. The zero-order chi connectivity index (χ0) is 14.8. The van der Waals surface area contributed by atoms with Crippen LogP contribution in [0.15, 0.2) is 41.2 Å². The highest BCUT2D eigenvalue weighted by Crippen LogP contribution is 2.24. The third-order valence-electron chi connectivity index (χ3n) is 4.25. The van der Waals surface area contributed by atoms with Crippen LogP contribution in [0.1, 0.15) is 21.5 Å². The number of anilines is 1. The number of benzene rings is 1. The molecule has 0 unspecified atom stereocenters. The Labute approximate surface area is 125 Å². The zero-order valence-electron chi connectivity index (χ0n) is 12.5. The molecule has 0 saturated carbocycles. The van der Waals surface area contributed by atoms with Crippen molar-refractivity contribution < 1.29 is 9.21 Å². The fourth-order valence-corrected chi connectivity index (χ4v) is 2.80. The van der Waals surface area contributed by atoms with Crippen LogP contribution in [0.3, 0.4) is 0 Å². The lowest BCUT2D eigenvalue weighted by molar-refractivity contribution is 0.0746. The summed E-state index contributed by atoms with van der Waals surface area (Å²) in [6, 6.07) is 8.12. The maximum Gasteiger partial charge on any atom is 0.257 e. The molecule has 1 saturated heterocycles. The molecule has 0 spiro atoms. The number of nitrogens with zero attached hydrogens (tertiary/aromatic N) is 2. The smallest absolute Gasteiger partial charge is 0.257 e. The van der Waals surface area contributed by atoms with Crippen LogP contribution >= 0.6 is 0 Å². The third-order valence-corrected chi connectivity index (χ3v) is 4.25. The van der Waals surface area contributed by atoms with Crippen LogP contribution in [-0.4, -0.2) is 37.0 Å². The summed E-state index contributed by atoms with van der Waals surface area (Å²) in [4.78, 5) is 16.5. The standard InChI is InChI=1S/C17H20N2O2/c1-13-4-3-5-16(14(13)2)18-7-9-19(10-8-18)17(20)15-6-11-21-12-15/h3-6,11-12H,7-10H2,1-2H3. The van der Waals surface area contributed by atoms with Crippen molar-refractivity contribution in [3.8, 4) is 0 Å². The van der Waals surface area contributed by atoms with E-state index in [2.05, 4.69) is 36.9 Å². The first kappa shape index (κ1) is 13.7. The van der Waals surface area contributed by atoms with Gasteiger partial charge in [-0.3, -0.25) is 4.79 Å². The highest BCUT2D eigenvalue weighted by Gasteiger charge is 2.23. The van der Waals surface area contributed by atoms with Gasteiger partial charge in [0.2, 0.25) is 0 Å². The first-order valence-corrected chi connectivity index (χ1v) is 7.29. The topological polar surface area (TPSA) is 36.7 Å². The Morgan fingerprint density at radius 1 is 1.10 bits per heavy atom. The molecule has 4 heteroatoms. The number of furan rings is 1. The van der Waals surface area contributed by atoms with E-state index in [0.29, 0.717) is 5.56 Å². The maximum atomic E-state index is 12.3. The molecule has 0 bridgehead atoms. The van der Waals surface area contributed by atoms with Gasteiger partial charge in [0, 0.05) is 31.9 Å². The van der Waals surface area contributed by atoms with Crippen molar-refractivity contribution >= 4 is 11.6 Å². The monoisotopic (exact) mass is 284 g/mol. The lowest BCUT2D eigenvalue weighted by Gasteiger charge is -2.37.